The van der Waals surface area contributed by atoms with E-state index in [1.807, 2.05) is 0 Å². The van der Waals surface area contributed by atoms with Crippen molar-refractivity contribution >= 4 is 44.7 Å². The number of nitrogens with zero attached hydrogens (tertiary/aromatic N) is 2. The molecule has 29 heavy (non-hydrogen) atoms. The zero-order valence-corrected chi connectivity index (χ0v) is 16.1. The molecule has 0 unspecified atom stereocenters. The predicted molar refractivity (Wildman–Crippen MR) is 108 cm³/mol. The van der Waals surface area contributed by atoms with Crippen molar-refractivity contribution in [3.63, 3.8) is 0 Å². The summed E-state index contributed by atoms with van der Waals surface area (Å²) in [6, 6.07) is 13.7. The third-order valence-corrected chi connectivity index (χ3v) is 5.39. The minimum Gasteiger partial charge on any atom is -0.322 e. The van der Waals surface area contributed by atoms with Crippen LogP contribution < -0.4 is 10.0 Å². The highest BCUT2D eigenvalue weighted by Crippen LogP contribution is 2.24. The van der Waals surface area contributed by atoms with Gasteiger partial charge in [-0.15, -0.1) is 0 Å². The monoisotopic (exact) mass is 432 g/mol. The third kappa shape index (κ3) is 4.86. The van der Waals surface area contributed by atoms with Gasteiger partial charge in [0, 0.05) is 24.0 Å². The van der Waals surface area contributed by atoms with Gasteiger partial charge in [-0.1, -0.05) is 23.7 Å². The normalized spacial score (nSPS) is 10.9. The van der Waals surface area contributed by atoms with Crippen molar-refractivity contribution in [2.45, 2.75) is 4.90 Å². The Morgan fingerprint density at radius 2 is 1.86 bits per heavy atom. The number of nitro groups is 1. The first-order chi connectivity index (χ1) is 13.8. The van der Waals surface area contributed by atoms with Gasteiger partial charge in [-0.25, -0.2) is 13.4 Å². The van der Waals surface area contributed by atoms with Crippen LogP contribution in [0, 0.1) is 10.1 Å². The second-order valence-electron chi connectivity index (χ2n) is 5.72. The van der Waals surface area contributed by atoms with E-state index in [9.17, 15) is 23.3 Å². The van der Waals surface area contributed by atoms with Gasteiger partial charge in [0.2, 0.25) is 0 Å². The number of nitrogens with one attached hydrogen (secondary N) is 2. The summed E-state index contributed by atoms with van der Waals surface area (Å²) in [5, 5.41) is 13.3. The van der Waals surface area contributed by atoms with E-state index in [0.717, 1.165) is 6.07 Å². The van der Waals surface area contributed by atoms with Crippen LogP contribution in [-0.2, 0) is 10.0 Å². The summed E-state index contributed by atoms with van der Waals surface area (Å²) >= 11 is 6.05. The molecule has 0 spiro atoms. The number of carbonyl (C=O) groups is 1. The van der Waals surface area contributed by atoms with E-state index in [0.29, 0.717) is 0 Å². The molecule has 0 aliphatic carbocycles. The highest BCUT2D eigenvalue weighted by Gasteiger charge is 2.20. The van der Waals surface area contributed by atoms with E-state index in [-0.39, 0.29) is 32.7 Å². The Balaban J connectivity index is 1.88. The molecule has 3 rings (SSSR count). The molecule has 1 heterocycles. The Morgan fingerprint density at radius 1 is 1.07 bits per heavy atom. The average molecular weight is 433 g/mol. The van der Waals surface area contributed by atoms with Gasteiger partial charge in [-0.2, -0.15) is 0 Å². The van der Waals surface area contributed by atoms with Gasteiger partial charge in [-0.05, 0) is 36.4 Å². The number of anilines is 2. The van der Waals surface area contributed by atoms with Gasteiger partial charge in [0.05, 0.1) is 20.4 Å². The number of benzene rings is 2. The van der Waals surface area contributed by atoms with E-state index in [4.69, 9.17) is 11.6 Å². The number of non-ortho nitro benzene ring substituents is 1. The van der Waals surface area contributed by atoms with Gasteiger partial charge in [0.15, 0.2) is 0 Å². The van der Waals surface area contributed by atoms with Crippen molar-refractivity contribution in [1.29, 1.82) is 0 Å². The van der Waals surface area contributed by atoms with E-state index in [1.54, 1.807) is 12.1 Å². The molecule has 9 nitrogen and oxygen atoms in total. The number of hydrogen-bond acceptors (Lipinski definition) is 6. The molecule has 0 bridgehead atoms. The summed E-state index contributed by atoms with van der Waals surface area (Å²) in [7, 11) is -4.02. The maximum absolute atomic E-state index is 12.6. The molecule has 2 N–H and O–H groups in total. The molecule has 2 aromatic carbocycles. The maximum atomic E-state index is 12.6. The fourth-order valence-corrected chi connectivity index (χ4v) is 3.60. The van der Waals surface area contributed by atoms with Crippen molar-refractivity contribution in [3.05, 3.63) is 87.6 Å². The Labute approximate surface area is 170 Å². The summed E-state index contributed by atoms with van der Waals surface area (Å²) < 4.78 is 27.4. The molecular formula is C18H13ClN4O5S. The molecule has 0 saturated carbocycles. The second kappa shape index (κ2) is 8.25. The number of amides is 1. The van der Waals surface area contributed by atoms with Crippen molar-refractivity contribution < 1.29 is 18.1 Å². The Kier molecular flexibility index (Phi) is 5.76. The fourth-order valence-electron chi connectivity index (χ4n) is 2.36. The first kappa shape index (κ1) is 20.2. The zero-order valence-electron chi connectivity index (χ0n) is 14.6. The lowest BCUT2D eigenvalue weighted by atomic mass is 10.2. The first-order valence-electron chi connectivity index (χ1n) is 8.05. The lowest BCUT2D eigenvalue weighted by Gasteiger charge is -2.11. The number of sulfonamides is 1. The van der Waals surface area contributed by atoms with Crippen LogP contribution in [0.25, 0.3) is 0 Å². The molecule has 1 amide bonds. The van der Waals surface area contributed by atoms with Crippen LogP contribution in [0.2, 0.25) is 5.02 Å². The molecule has 11 heteroatoms. The van der Waals surface area contributed by atoms with Crippen LogP contribution >= 0.6 is 11.6 Å². The minimum atomic E-state index is -4.02. The summed E-state index contributed by atoms with van der Waals surface area (Å²) in [4.78, 5) is 26.5. The zero-order chi connectivity index (χ0) is 21.0. The molecule has 0 atom stereocenters. The molecule has 1 aromatic heterocycles. The number of halogens is 1. The molecule has 148 valence electrons. The average Bonchev–Trinajstić information content (AvgIpc) is 2.68. The number of rotatable bonds is 6. The lowest BCUT2D eigenvalue weighted by molar-refractivity contribution is -0.384. The summed E-state index contributed by atoms with van der Waals surface area (Å²) in [6.45, 7) is 0. The Bertz CT molecular complexity index is 1190. The third-order valence-electron chi connectivity index (χ3n) is 3.71. The van der Waals surface area contributed by atoms with Crippen molar-refractivity contribution in [2.24, 2.45) is 0 Å². The van der Waals surface area contributed by atoms with E-state index in [2.05, 4.69) is 15.0 Å². The van der Waals surface area contributed by atoms with Gasteiger partial charge < -0.3 is 5.32 Å². The van der Waals surface area contributed by atoms with Crippen LogP contribution in [0.15, 0.2) is 71.8 Å². The maximum Gasteiger partial charge on any atom is 0.271 e. The molecule has 0 aliphatic heterocycles. The first-order valence-corrected chi connectivity index (χ1v) is 9.91. The summed E-state index contributed by atoms with van der Waals surface area (Å²) in [5.74, 6) is -0.601. The number of carbonyl (C=O) groups excluding carboxylic acids is 1. The largest absolute Gasteiger partial charge is 0.322 e. The molecule has 3 aromatic rings. The van der Waals surface area contributed by atoms with Crippen LogP contribution in [0.5, 0.6) is 0 Å². The molecule has 0 fully saturated rings. The van der Waals surface area contributed by atoms with Crippen LogP contribution in [0.3, 0.4) is 0 Å². The number of nitro benzene ring substituents is 1. The van der Waals surface area contributed by atoms with Gasteiger partial charge >= 0.3 is 0 Å². The topological polar surface area (TPSA) is 131 Å². The van der Waals surface area contributed by atoms with Crippen molar-refractivity contribution in [3.8, 4) is 0 Å². The molecule has 0 aliphatic rings. The van der Waals surface area contributed by atoms with E-state index in [1.165, 1.54) is 48.7 Å². The van der Waals surface area contributed by atoms with Crippen molar-refractivity contribution in [2.75, 3.05) is 10.0 Å². The number of hydrogen-bond donors (Lipinski definition) is 2. The standard InChI is InChI=1S/C18H13ClN4O5S/c19-16-8-7-14(29(27,28)22-17-6-1-2-9-20-17)11-15(16)18(24)21-12-4-3-5-13(10-12)23(25)26/h1-11H,(H,20,22)(H,21,24). The smallest absolute Gasteiger partial charge is 0.271 e. The van der Waals surface area contributed by atoms with E-state index < -0.39 is 20.9 Å². The van der Waals surface area contributed by atoms with Crippen molar-refractivity contribution in [1.82, 2.24) is 4.98 Å². The highest BCUT2D eigenvalue weighted by molar-refractivity contribution is 7.92. The SMILES string of the molecule is O=C(Nc1cccc([N+](=O)[O-])c1)c1cc(S(=O)(=O)Nc2ccccn2)ccc1Cl. The number of pyridine rings is 1. The molecule has 0 saturated heterocycles. The Morgan fingerprint density at radius 3 is 2.55 bits per heavy atom. The van der Waals surface area contributed by atoms with E-state index >= 15 is 0 Å². The molecular weight excluding hydrogens is 420 g/mol. The summed E-state index contributed by atoms with van der Waals surface area (Å²) in [6.07, 6.45) is 1.43. The summed E-state index contributed by atoms with van der Waals surface area (Å²) in [5.41, 5.74) is -0.146. The van der Waals surface area contributed by atoms with Gasteiger partial charge in [0.25, 0.3) is 21.6 Å². The van der Waals surface area contributed by atoms with Crippen LogP contribution in [0.4, 0.5) is 17.2 Å². The number of aromatic nitrogens is 1. The predicted octanol–water partition coefficient (Wildman–Crippen LogP) is 3.70. The van der Waals surface area contributed by atoms with Gasteiger partial charge in [0.1, 0.15) is 5.82 Å². The molecule has 0 radical (unpaired) electrons. The fraction of sp³-hybridized carbons (Fsp3) is 0. The minimum absolute atomic E-state index is 0.0183. The van der Waals surface area contributed by atoms with Crippen LogP contribution in [-0.4, -0.2) is 24.2 Å². The lowest BCUT2D eigenvalue weighted by Crippen LogP contribution is -2.17. The quantitative estimate of drug-likeness (QED) is 0.451. The second-order valence-corrected chi connectivity index (χ2v) is 7.81. The Hall–Kier alpha value is -3.50. The highest BCUT2D eigenvalue weighted by atomic mass is 35.5. The van der Waals surface area contributed by atoms with Gasteiger partial charge in [-0.3, -0.25) is 19.6 Å². The van der Waals surface area contributed by atoms with Crippen LogP contribution in [0.1, 0.15) is 10.4 Å².